The SMILES string of the molecule is CC(C)N(CCC(=O)O)C(=O)CSc1ccc(F)c(F)c1. The zero-order chi connectivity index (χ0) is 16.0. The molecule has 21 heavy (non-hydrogen) atoms. The molecule has 0 unspecified atom stereocenters. The Morgan fingerprint density at radius 3 is 2.48 bits per heavy atom. The first-order valence-corrected chi connectivity index (χ1v) is 7.39. The Morgan fingerprint density at radius 1 is 1.29 bits per heavy atom. The van der Waals surface area contributed by atoms with Crippen LogP contribution in [0.5, 0.6) is 0 Å². The van der Waals surface area contributed by atoms with Crippen molar-refractivity contribution in [1.29, 1.82) is 0 Å². The average Bonchev–Trinajstić information content (AvgIpc) is 2.39. The van der Waals surface area contributed by atoms with Crippen molar-refractivity contribution in [3.63, 3.8) is 0 Å². The molecule has 0 aliphatic carbocycles. The molecule has 0 fully saturated rings. The van der Waals surface area contributed by atoms with Gasteiger partial charge in [0, 0.05) is 17.5 Å². The van der Waals surface area contributed by atoms with E-state index in [1.165, 1.54) is 11.0 Å². The first-order chi connectivity index (χ1) is 9.81. The number of benzene rings is 1. The van der Waals surface area contributed by atoms with Crippen LogP contribution in [0.1, 0.15) is 20.3 Å². The Hall–Kier alpha value is -1.63. The number of carbonyl (C=O) groups is 2. The number of thioether (sulfide) groups is 1. The molecular formula is C14H17F2NO3S. The smallest absolute Gasteiger partial charge is 0.305 e. The van der Waals surface area contributed by atoms with E-state index in [-0.39, 0.29) is 30.7 Å². The standard InChI is InChI=1S/C14H17F2NO3S/c1-9(2)17(6-5-14(19)20)13(18)8-21-10-3-4-11(15)12(16)7-10/h3-4,7,9H,5-6,8H2,1-2H3,(H,19,20). The molecule has 1 aromatic carbocycles. The maximum Gasteiger partial charge on any atom is 0.305 e. The molecule has 4 nitrogen and oxygen atoms in total. The summed E-state index contributed by atoms with van der Waals surface area (Å²) in [6.07, 6.45) is -0.125. The van der Waals surface area contributed by atoms with E-state index in [0.29, 0.717) is 4.90 Å². The predicted octanol–water partition coefficient (Wildman–Crippen LogP) is 2.77. The van der Waals surface area contributed by atoms with Crippen LogP contribution in [0.3, 0.4) is 0 Å². The Labute approximate surface area is 126 Å². The van der Waals surface area contributed by atoms with Crippen molar-refractivity contribution in [3.05, 3.63) is 29.8 Å². The van der Waals surface area contributed by atoms with Crippen LogP contribution >= 0.6 is 11.8 Å². The highest BCUT2D eigenvalue weighted by atomic mass is 32.2. The number of carboxylic acids is 1. The molecule has 0 bridgehead atoms. The van der Waals surface area contributed by atoms with E-state index in [2.05, 4.69) is 0 Å². The Bertz CT molecular complexity index is 523. The number of rotatable bonds is 7. The van der Waals surface area contributed by atoms with Gasteiger partial charge in [0.2, 0.25) is 5.91 Å². The average molecular weight is 317 g/mol. The van der Waals surface area contributed by atoms with Gasteiger partial charge in [0.25, 0.3) is 0 Å². The summed E-state index contributed by atoms with van der Waals surface area (Å²) in [6, 6.07) is 3.31. The quantitative estimate of drug-likeness (QED) is 0.786. The molecule has 0 radical (unpaired) electrons. The monoisotopic (exact) mass is 317 g/mol. The third-order valence-corrected chi connectivity index (χ3v) is 3.74. The number of hydrogen-bond acceptors (Lipinski definition) is 3. The Kier molecular flexibility index (Phi) is 6.61. The fourth-order valence-electron chi connectivity index (χ4n) is 1.68. The first-order valence-electron chi connectivity index (χ1n) is 6.40. The lowest BCUT2D eigenvalue weighted by atomic mass is 10.3. The molecule has 0 saturated carbocycles. The van der Waals surface area contributed by atoms with Gasteiger partial charge < -0.3 is 10.0 Å². The minimum absolute atomic E-state index is 0.0445. The summed E-state index contributed by atoms with van der Waals surface area (Å²) in [5.74, 6) is -3.05. The van der Waals surface area contributed by atoms with E-state index >= 15 is 0 Å². The highest BCUT2D eigenvalue weighted by Crippen LogP contribution is 2.21. The van der Waals surface area contributed by atoms with Gasteiger partial charge in [-0.2, -0.15) is 0 Å². The summed E-state index contributed by atoms with van der Waals surface area (Å²) in [4.78, 5) is 24.6. The third kappa shape index (κ3) is 5.71. The molecule has 0 aliphatic rings. The predicted molar refractivity (Wildman–Crippen MR) is 76.2 cm³/mol. The number of hydrogen-bond donors (Lipinski definition) is 1. The maximum atomic E-state index is 13.1. The van der Waals surface area contributed by atoms with Crippen molar-refractivity contribution >= 4 is 23.6 Å². The summed E-state index contributed by atoms with van der Waals surface area (Å²) in [5.41, 5.74) is 0. The fourth-order valence-corrected chi connectivity index (χ4v) is 2.49. The van der Waals surface area contributed by atoms with Gasteiger partial charge in [-0.05, 0) is 32.0 Å². The molecule has 0 aliphatic heterocycles. The van der Waals surface area contributed by atoms with Crippen LogP contribution in [0.15, 0.2) is 23.1 Å². The number of carbonyl (C=O) groups excluding carboxylic acids is 1. The van der Waals surface area contributed by atoms with E-state index in [1.807, 2.05) is 0 Å². The van der Waals surface area contributed by atoms with Crippen molar-refractivity contribution in [2.75, 3.05) is 12.3 Å². The van der Waals surface area contributed by atoms with Crippen molar-refractivity contribution in [3.8, 4) is 0 Å². The van der Waals surface area contributed by atoms with E-state index in [0.717, 1.165) is 23.9 Å². The van der Waals surface area contributed by atoms with Gasteiger partial charge in [0.05, 0.1) is 12.2 Å². The summed E-state index contributed by atoms with van der Waals surface area (Å²) < 4.78 is 25.8. The second-order valence-corrected chi connectivity index (χ2v) is 5.74. The van der Waals surface area contributed by atoms with Gasteiger partial charge in [-0.25, -0.2) is 8.78 Å². The fraction of sp³-hybridized carbons (Fsp3) is 0.429. The number of amides is 1. The number of halogens is 2. The second-order valence-electron chi connectivity index (χ2n) is 4.69. The van der Waals surface area contributed by atoms with E-state index in [4.69, 9.17) is 5.11 Å². The Morgan fingerprint density at radius 2 is 1.95 bits per heavy atom. The molecule has 1 rings (SSSR count). The molecule has 0 saturated heterocycles. The molecule has 1 aromatic rings. The molecule has 1 amide bonds. The topological polar surface area (TPSA) is 57.6 Å². The van der Waals surface area contributed by atoms with Gasteiger partial charge in [0.15, 0.2) is 11.6 Å². The first kappa shape index (κ1) is 17.4. The van der Waals surface area contributed by atoms with Crippen LogP contribution in [0.25, 0.3) is 0 Å². The minimum Gasteiger partial charge on any atom is -0.481 e. The molecule has 7 heteroatoms. The van der Waals surface area contributed by atoms with Crippen molar-refractivity contribution in [2.45, 2.75) is 31.2 Å². The van der Waals surface area contributed by atoms with E-state index in [1.54, 1.807) is 13.8 Å². The van der Waals surface area contributed by atoms with Crippen LogP contribution in [-0.2, 0) is 9.59 Å². The van der Waals surface area contributed by atoms with Crippen LogP contribution < -0.4 is 0 Å². The lowest BCUT2D eigenvalue weighted by Gasteiger charge is -2.26. The molecule has 1 N–H and O–H groups in total. The summed E-state index contributed by atoms with van der Waals surface area (Å²) in [6.45, 7) is 3.72. The molecule has 0 spiro atoms. The largest absolute Gasteiger partial charge is 0.481 e. The van der Waals surface area contributed by atoms with Crippen molar-refractivity contribution in [2.24, 2.45) is 0 Å². The molecule has 0 aromatic heterocycles. The zero-order valence-electron chi connectivity index (χ0n) is 11.8. The third-order valence-electron chi connectivity index (χ3n) is 2.76. The summed E-state index contributed by atoms with van der Waals surface area (Å²) in [7, 11) is 0. The molecular weight excluding hydrogens is 300 g/mol. The highest BCUT2D eigenvalue weighted by Gasteiger charge is 2.18. The van der Waals surface area contributed by atoms with Crippen LogP contribution in [-0.4, -0.2) is 40.2 Å². The van der Waals surface area contributed by atoms with Gasteiger partial charge in [-0.1, -0.05) is 0 Å². The van der Waals surface area contributed by atoms with Crippen molar-refractivity contribution in [1.82, 2.24) is 4.90 Å². The second kappa shape index (κ2) is 7.97. The van der Waals surface area contributed by atoms with Crippen LogP contribution in [0.4, 0.5) is 8.78 Å². The maximum absolute atomic E-state index is 13.1. The molecule has 0 heterocycles. The molecule has 0 atom stereocenters. The minimum atomic E-state index is -0.971. The zero-order valence-corrected chi connectivity index (χ0v) is 12.6. The van der Waals surface area contributed by atoms with Gasteiger partial charge in [-0.3, -0.25) is 9.59 Å². The highest BCUT2D eigenvalue weighted by molar-refractivity contribution is 8.00. The normalized spacial score (nSPS) is 10.7. The van der Waals surface area contributed by atoms with Crippen molar-refractivity contribution < 1.29 is 23.5 Å². The molecule has 116 valence electrons. The van der Waals surface area contributed by atoms with Gasteiger partial charge in [-0.15, -0.1) is 11.8 Å². The van der Waals surface area contributed by atoms with E-state index < -0.39 is 17.6 Å². The van der Waals surface area contributed by atoms with Gasteiger partial charge >= 0.3 is 5.97 Å². The number of aliphatic carboxylic acids is 1. The summed E-state index contributed by atoms with van der Waals surface area (Å²) in [5, 5.41) is 8.67. The van der Waals surface area contributed by atoms with Gasteiger partial charge in [0.1, 0.15) is 0 Å². The summed E-state index contributed by atoms with van der Waals surface area (Å²) >= 11 is 1.09. The Balaban J connectivity index is 2.60. The van der Waals surface area contributed by atoms with E-state index in [9.17, 15) is 18.4 Å². The lowest BCUT2D eigenvalue weighted by Crippen LogP contribution is -2.39. The number of carboxylic acid groups (broad SMARTS) is 1. The number of nitrogens with zero attached hydrogens (tertiary/aromatic N) is 1. The van der Waals surface area contributed by atoms with Crippen LogP contribution in [0, 0.1) is 11.6 Å². The van der Waals surface area contributed by atoms with Crippen LogP contribution in [0.2, 0.25) is 0 Å². The lowest BCUT2D eigenvalue weighted by molar-refractivity contribution is -0.138.